The molecule has 3 aliphatic rings. The molecule has 1 atom stereocenters. The van der Waals surface area contributed by atoms with E-state index >= 15 is 0 Å². The number of quaternary nitrogens is 1. The zero-order valence-electron chi connectivity index (χ0n) is 16.5. The van der Waals surface area contributed by atoms with Crippen molar-refractivity contribution in [1.82, 2.24) is 10.2 Å². The number of hydrogen-bond acceptors (Lipinski definition) is 3. The van der Waals surface area contributed by atoms with Crippen molar-refractivity contribution in [2.45, 2.75) is 56.6 Å². The van der Waals surface area contributed by atoms with E-state index in [2.05, 4.69) is 35.6 Å². The molecule has 152 valence electrons. The maximum absolute atomic E-state index is 12.7. The van der Waals surface area contributed by atoms with Crippen molar-refractivity contribution in [2.24, 2.45) is 5.92 Å². The molecule has 6 heteroatoms. The van der Waals surface area contributed by atoms with Crippen molar-refractivity contribution in [2.75, 3.05) is 26.2 Å². The molecule has 6 nitrogen and oxygen atoms in total. The zero-order chi connectivity index (χ0) is 19.6. The van der Waals surface area contributed by atoms with Gasteiger partial charge in [0.25, 0.3) is 5.91 Å². The largest absolute Gasteiger partial charge is 0.385 e. The van der Waals surface area contributed by atoms with Crippen LogP contribution in [0.5, 0.6) is 0 Å². The molecule has 1 aromatic rings. The number of β-amino-alcohol motifs (C(OH)–C–C–N with tert-alkyl or cyclic N) is 1. The lowest BCUT2D eigenvalue weighted by molar-refractivity contribution is -0.909. The van der Waals surface area contributed by atoms with E-state index in [-0.39, 0.29) is 18.5 Å². The summed E-state index contributed by atoms with van der Waals surface area (Å²) in [5.41, 5.74) is 0.717. The Balaban J connectivity index is 1.23. The Morgan fingerprint density at radius 1 is 1.14 bits per heavy atom. The number of imide groups is 1. The molecule has 0 unspecified atom stereocenters. The molecule has 28 heavy (non-hydrogen) atoms. The highest BCUT2D eigenvalue weighted by atomic mass is 16.3. The molecule has 0 radical (unpaired) electrons. The molecular weight excluding hydrogens is 354 g/mol. The molecule has 1 aromatic carbocycles. The molecular formula is C22H32N3O3+. The minimum Gasteiger partial charge on any atom is -0.385 e. The van der Waals surface area contributed by atoms with Crippen molar-refractivity contribution in [3.63, 3.8) is 0 Å². The van der Waals surface area contributed by atoms with Crippen molar-refractivity contribution in [3.05, 3.63) is 35.9 Å². The van der Waals surface area contributed by atoms with Crippen LogP contribution < -0.4 is 10.2 Å². The fraction of sp³-hybridized carbons (Fsp3) is 0.636. The van der Waals surface area contributed by atoms with Gasteiger partial charge in [-0.2, -0.15) is 0 Å². The van der Waals surface area contributed by atoms with Crippen LogP contribution in [-0.4, -0.2) is 59.8 Å². The summed E-state index contributed by atoms with van der Waals surface area (Å²) in [6.45, 7) is 2.79. The Morgan fingerprint density at radius 2 is 1.82 bits per heavy atom. The van der Waals surface area contributed by atoms with Gasteiger partial charge >= 0.3 is 6.03 Å². The summed E-state index contributed by atoms with van der Waals surface area (Å²) in [7, 11) is 0. The molecule has 1 aliphatic carbocycles. The number of nitrogens with one attached hydrogen (secondary N) is 2. The van der Waals surface area contributed by atoms with E-state index in [9.17, 15) is 14.7 Å². The molecule has 2 saturated heterocycles. The highest BCUT2D eigenvalue weighted by Gasteiger charge is 2.52. The first-order valence-corrected chi connectivity index (χ1v) is 10.8. The number of aliphatic hydroxyl groups excluding tert-OH is 1. The number of carbonyl (C=O) groups excluding carboxylic acids is 2. The van der Waals surface area contributed by atoms with E-state index in [0.29, 0.717) is 12.5 Å². The van der Waals surface area contributed by atoms with Crippen molar-refractivity contribution < 1.29 is 19.6 Å². The average molecular weight is 387 g/mol. The second-order valence-corrected chi connectivity index (χ2v) is 8.88. The van der Waals surface area contributed by atoms with Crippen LogP contribution >= 0.6 is 0 Å². The van der Waals surface area contributed by atoms with E-state index in [0.717, 1.165) is 58.0 Å². The fourth-order valence-electron chi connectivity index (χ4n) is 5.21. The van der Waals surface area contributed by atoms with Gasteiger partial charge in [0.15, 0.2) is 0 Å². The lowest BCUT2D eigenvalue weighted by Gasteiger charge is -2.31. The van der Waals surface area contributed by atoms with Gasteiger partial charge in [-0.05, 0) is 43.6 Å². The Morgan fingerprint density at radius 3 is 2.50 bits per heavy atom. The van der Waals surface area contributed by atoms with Gasteiger partial charge in [-0.3, -0.25) is 9.69 Å². The molecule has 1 saturated carbocycles. The standard InChI is InChI=1S/C22H31N3O3/c26-19(16-25-20(27)22(23-21(25)28)10-4-5-11-22)15-24-12-8-18(9-13-24)14-17-6-2-1-3-7-17/h1-3,6-7,18-19,26H,4-5,8-16H2,(H,23,28)/p+1/t19-/m1/s1. The first-order valence-electron chi connectivity index (χ1n) is 10.8. The average Bonchev–Trinajstić information content (AvgIpc) is 3.25. The number of hydrogen-bond donors (Lipinski definition) is 3. The molecule has 1 spiro atoms. The Hall–Kier alpha value is -1.92. The molecule has 2 heterocycles. The number of likely N-dealkylation sites (tertiary alicyclic amines) is 1. The van der Waals surface area contributed by atoms with Gasteiger partial charge in [-0.1, -0.05) is 43.2 Å². The van der Waals surface area contributed by atoms with Crippen LogP contribution in [0, 0.1) is 5.92 Å². The summed E-state index contributed by atoms with van der Waals surface area (Å²) in [4.78, 5) is 27.6. The molecule has 3 N–H and O–H groups in total. The number of rotatable bonds is 6. The van der Waals surface area contributed by atoms with E-state index in [4.69, 9.17) is 0 Å². The Bertz CT molecular complexity index is 694. The van der Waals surface area contributed by atoms with Crippen LogP contribution in [0.15, 0.2) is 30.3 Å². The summed E-state index contributed by atoms with van der Waals surface area (Å²) in [5, 5.41) is 13.4. The van der Waals surface area contributed by atoms with Crippen LogP contribution in [0.4, 0.5) is 4.79 Å². The molecule has 0 aromatic heterocycles. The number of nitrogens with zero attached hydrogens (tertiary/aromatic N) is 1. The van der Waals surface area contributed by atoms with E-state index in [1.165, 1.54) is 15.4 Å². The lowest BCUT2D eigenvalue weighted by Crippen LogP contribution is -3.14. The number of amides is 3. The minimum absolute atomic E-state index is 0.114. The van der Waals surface area contributed by atoms with E-state index < -0.39 is 11.6 Å². The second kappa shape index (κ2) is 8.21. The second-order valence-electron chi connectivity index (χ2n) is 8.88. The SMILES string of the molecule is O=C1NC2(CCCC2)C(=O)N1C[C@H](O)C[NH+]1CCC(Cc2ccccc2)CC1. The molecule has 0 bridgehead atoms. The number of carbonyl (C=O) groups is 2. The summed E-state index contributed by atoms with van der Waals surface area (Å²) in [6, 6.07) is 10.3. The first kappa shape index (κ1) is 19.4. The molecule has 3 fully saturated rings. The zero-order valence-corrected chi connectivity index (χ0v) is 16.5. The van der Waals surface area contributed by atoms with E-state index in [1.807, 2.05) is 0 Å². The highest BCUT2D eigenvalue weighted by Crippen LogP contribution is 2.35. The normalized spacial score (nSPS) is 28.0. The van der Waals surface area contributed by atoms with Gasteiger partial charge in [-0.25, -0.2) is 4.79 Å². The van der Waals surface area contributed by atoms with Gasteiger partial charge < -0.3 is 15.3 Å². The number of benzene rings is 1. The summed E-state index contributed by atoms with van der Waals surface area (Å²) in [6.07, 6.45) is 6.18. The number of piperidine rings is 1. The van der Waals surface area contributed by atoms with Crippen molar-refractivity contribution in [1.29, 1.82) is 0 Å². The molecule has 2 aliphatic heterocycles. The quantitative estimate of drug-likeness (QED) is 0.632. The Labute approximate surface area is 166 Å². The first-order chi connectivity index (χ1) is 13.6. The van der Waals surface area contributed by atoms with Crippen LogP contribution in [0.3, 0.4) is 0 Å². The fourth-order valence-corrected chi connectivity index (χ4v) is 5.21. The maximum Gasteiger partial charge on any atom is 0.325 e. The van der Waals surface area contributed by atoms with Crippen LogP contribution in [0.1, 0.15) is 44.1 Å². The third kappa shape index (κ3) is 4.08. The van der Waals surface area contributed by atoms with Crippen LogP contribution in [-0.2, 0) is 11.2 Å². The van der Waals surface area contributed by atoms with Gasteiger partial charge in [0.05, 0.1) is 19.6 Å². The predicted octanol–water partition coefficient (Wildman–Crippen LogP) is 0.750. The summed E-state index contributed by atoms with van der Waals surface area (Å²) >= 11 is 0. The number of aliphatic hydroxyl groups is 1. The smallest absolute Gasteiger partial charge is 0.325 e. The lowest BCUT2D eigenvalue weighted by atomic mass is 9.90. The maximum atomic E-state index is 12.7. The Kier molecular flexibility index (Phi) is 5.69. The van der Waals surface area contributed by atoms with Gasteiger partial charge in [0.1, 0.15) is 18.2 Å². The predicted molar refractivity (Wildman–Crippen MR) is 106 cm³/mol. The molecule has 3 amide bonds. The van der Waals surface area contributed by atoms with Crippen LogP contribution in [0.2, 0.25) is 0 Å². The monoisotopic (exact) mass is 386 g/mol. The van der Waals surface area contributed by atoms with Gasteiger partial charge in [0.2, 0.25) is 0 Å². The third-order valence-corrected chi connectivity index (χ3v) is 6.80. The third-order valence-electron chi connectivity index (χ3n) is 6.80. The molecule has 4 rings (SSSR count). The van der Waals surface area contributed by atoms with Gasteiger partial charge in [0, 0.05) is 0 Å². The van der Waals surface area contributed by atoms with Crippen molar-refractivity contribution in [3.8, 4) is 0 Å². The summed E-state index contributed by atoms with van der Waals surface area (Å²) in [5.74, 6) is 0.571. The number of urea groups is 1. The summed E-state index contributed by atoms with van der Waals surface area (Å²) < 4.78 is 0. The highest BCUT2D eigenvalue weighted by molar-refractivity contribution is 6.07. The topological polar surface area (TPSA) is 74.1 Å². The minimum atomic E-state index is -0.681. The van der Waals surface area contributed by atoms with Crippen molar-refractivity contribution >= 4 is 11.9 Å². The van der Waals surface area contributed by atoms with E-state index in [1.54, 1.807) is 0 Å². The van der Waals surface area contributed by atoms with Gasteiger partial charge in [-0.15, -0.1) is 0 Å². The van der Waals surface area contributed by atoms with Crippen LogP contribution in [0.25, 0.3) is 0 Å².